The van der Waals surface area contributed by atoms with Crippen molar-refractivity contribution in [2.75, 3.05) is 38.7 Å². The van der Waals surface area contributed by atoms with Gasteiger partial charge in [0, 0.05) is 25.7 Å². The van der Waals surface area contributed by atoms with Gasteiger partial charge in [-0.05, 0) is 12.1 Å². The highest BCUT2D eigenvalue weighted by atomic mass is 35.5. The molecule has 0 aliphatic carbocycles. The topological polar surface area (TPSA) is 66.5 Å². The van der Waals surface area contributed by atoms with Crippen LogP contribution in [0.3, 0.4) is 0 Å². The first kappa shape index (κ1) is 13.1. The van der Waals surface area contributed by atoms with E-state index in [-0.39, 0.29) is 11.1 Å². The van der Waals surface area contributed by atoms with Crippen LogP contribution in [0, 0.1) is 0 Å². The Balaban J connectivity index is 2.05. The van der Waals surface area contributed by atoms with Gasteiger partial charge in [-0.3, -0.25) is 10.2 Å². The van der Waals surface area contributed by atoms with Crippen LogP contribution in [0.1, 0.15) is 10.4 Å². The Bertz CT molecular complexity index is 435. The summed E-state index contributed by atoms with van der Waals surface area (Å²) in [5, 5.41) is 4.98. The van der Waals surface area contributed by atoms with Crippen LogP contribution in [0.25, 0.3) is 0 Å². The third-order valence-corrected chi connectivity index (χ3v) is 2.78. The summed E-state index contributed by atoms with van der Waals surface area (Å²) in [5.41, 5.74) is 3.29. The number of amides is 1. The van der Waals surface area contributed by atoms with Crippen LogP contribution in [-0.2, 0) is 4.74 Å². The summed E-state index contributed by atoms with van der Waals surface area (Å²) in [6, 6.07) is 3.19. The van der Waals surface area contributed by atoms with Gasteiger partial charge in [0.05, 0.1) is 13.2 Å². The second-order valence-electron chi connectivity index (χ2n) is 3.85. The van der Waals surface area contributed by atoms with Gasteiger partial charge < -0.3 is 10.1 Å². The summed E-state index contributed by atoms with van der Waals surface area (Å²) in [4.78, 5) is 16.0. The second kappa shape index (κ2) is 5.99. The molecule has 0 saturated carbocycles. The zero-order chi connectivity index (χ0) is 13.0. The fourth-order valence-electron chi connectivity index (χ4n) is 1.64. The van der Waals surface area contributed by atoms with Crippen molar-refractivity contribution >= 4 is 23.3 Å². The van der Waals surface area contributed by atoms with Gasteiger partial charge in [0.15, 0.2) is 0 Å². The van der Waals surface area contributed by atoms with Crippen molar-refractivity contribution in [3.63, 3.8) is 0 Å². The summed E-state index contributed by atoms with van der Waals surface area (Å²) in [6.07, 6.45) is 0. The number of hydrazine groups is 1. The lowest BCUT2D eigenvalue weighted by atomic mass is 10.2. The van der Waals surface area contributed by atoms with Crippen LogP contribution in [-0.4, -0.2) is 49.3 Å². The van der Waals surface area contributed by atoms with Gasteiger partial charge in [0.1, 0.15) is 11.0 Å². The first-order valence-electron chi connectivity index (χ1n) is 5.68. The number of nitrogens with one attached hydrogen (secondary N) is 2. The van der Waals surface area contributed by atoms with Crippen LogP contribution >= 0.6 is 11.6 Å². The zero-order valence-corrected chi connectivity index (χ0v) is 10.8. The van der Waals surface area contributed by atoms with Crippen molar-refractivity contribution in [2.24, 2.45) is 0 Å². The molecule has 0 bridgehead atoms. The number of anilines is 1. The predicted molar refractivity (Wildman–Crippen MR) is 68.7 cm³/mol. The number of rotatable bonds is 3. The summed E-state index contributed by atoms with van der Waals surface area (Å²) in [6.45, 7) is 2.62. The molecule has 1 aromatic heterocycles. The Morgan fingerprint density at radius 1 is 1.44 bits per heavy atom. The molecule has 1 aliphatic rings. The van der Waals surface area contributed by atoms with Crippen LogP contribution in [0.2, 0.25) is 5.15 Å². The maximum atomic E-state index is 12.0. The molecule has 1 amide bonds. The molecule has 98 valence electrons. The van der Waals surface area contributed by atoms with Crippen molar-refractivity contribution in [1.29, 1.82) is 0 Å². The number of morpholine rings is 1. The van der Waals surface area contributed by atoms with E-state index in [2.05, 4.69) is 15.7 Å². The summed E-state index contributed by atoms with van der Waals surface area (Å²) >= 11 is 5.85. The number of hydrogen-bond donors (Lipinski definition) is 2. The third kappa shape index (κ3) is 3.32. The molecule has 1 fully saturated rings. The molecule has 0 radical (unpaired) electrons. The van der Waals surface area contributed by atoms with E-state index in [1.165, 1.54) is 6.07 Å². The number of aromatic nitrogens is 1. The molecule has 1 aromatic rings. The fraction of sp³-hybridized carbons (Fsp3) is 0.455. The number of ether oxygens (including phenoxy) is 1. The summed E-state index contributed by atoms with van der Waals surface area (Å²) in [7, 11) is 1.72. The average Bonchev–Trinajstić information content (AvgIpc) is 2.39. The van der Waals surface area contributed by atoms with Crippen molar-refractivity contribution in [2.45, 2.75) is 0 Å². The van der Waals surface area contributed by atoms with Gasteiger partial charge in [0.2, 0.25) is 0 Å². The van der Waals surface area contributed by atoms with E-state index in [0.29, 0.717) is 37.7 Å². The van der Waals surface area contributed by atoms with Gasteiger partial charge in [-0.25, -0.2) is 9.99 Å². The standard InChI is InChI=1S/C11H15ClN4O2/c1-13-10-7-8(6-9(12)14-10)11(17)15-16-2-4-18-5-3-16/h6-7H,2-5H2,1H3,(H,13,14)(H,15,17). The second-order valence-corrected chi connectivity index (χ2v) is 4.24. The fourth-order valence-corrected chi connectivity index (χ4v) is 1.85. The van der Waals surface area contributed by atoms with Gasteiger partial charge in [-0.1, -0.05) is 11.6 Å². The van der Waals surface area contributed by atoms with Gasteiger partial charge in [0.25, 0.3) is 5.91 Å². The van der Waals surface area contributed by atoms with Crippen molar-refractivity contribution in [3.8, 4) is 0 Å². The molecule has 0 unspecified atom stereocenters. The first-order chi connectivity index (χ1) is 8.69. The average molecular weight is 271 g/mol. The lowest BCUT2D eigenvalue weighted by Gasteiger charge is -2.26. The Morgan fingerprint density at radius 3 is 2.83 bits per heavy atom. The van der Waals surface area contributed by atoms with E-state index < -0.39 is 0 Å². The van der Waals surface area contributed by atoms with E-state index >= 15 is 0 Å². The maximum absolute atomic E-state index is 12.0. The molecular formula is C11H15ClN4O2. The highest BCUT2D eigenvalue weighted by Gasteiger charge is 2.15. The van der Waals surface area contributed by atoms with E-state index in [1.54, 1.807) is 13.1 Å². The van der Waals surface area contributed by atoms with E-state index in [0.717, 1.165) is 0 Å². The predicted octanol–water partition coefficient (Wildman–Crippen LogP) is 0.754. The minimum Gasteiger partial charge on any atom is -0.379 e. The van der Waals surface area contributed by atoms with Crippen molar-refractivity contribution in [1.82, 2.24) is 15.4 Å². The number of carbonyl (C=O) groups excluding carboxylic acids is 1. The normalized spacial score (nSPS) is 16.3. The molecule has 2 heterocycles. The highest BCUT2D eigenvalue weighted by Crippen LogP contribution is 2.14. The molecule has 1 aliphatic heterocycles. The number of nitrogens with zero attached hydrogens (tertiary/aromatic N) is 2. The molecule has 7 heteroatoms. The quantitative estimate of drug-likeness (QED) is 0.794. The molecule has 0 aromatic carbocycles. The van der Waals surface area contributed by atoms with E-state index in [4.69, 9.17) is 16.3 Å². The zero-order valence-electron chi connectivity index (χ0n) is 10.1. The number of carbonyl (C=O) groups is 1. The maximum Gasteiger partial charge on any atom is 0.265 e. The van der Waals surface area contributed by atoms with E-state index in [1.807, 2.05) is 5.01 Å². The van der Waals surface area contributed by atoms with Crippen molar-refractivity contribution < 1.29 is 9.53 Å². The monoisotopic (exact) mass is 270 g/mol. The smallest absolute Gasteiger partial charge is 0.265 e. The lowest BCUT2D eigenvalue weighted by Crippen LogP contribution is -2.48. The largest absolute Gasteiger partial charge is 0.379 e. The minimum absolute atomic E-state index is 0.197. The Kier molecular flexibility index (Phi) is 4.35. The molecule has 18 heavy (non-hydrogen) atoms. The number of hydrogen-bond acceptors (Lipinski definition) is 5. The summed E-state index contributed by atoms with van der Waals surface area (Å²) < 4.78 is 5.21. The molecule has 6 nitrogen and oxygen atoms in total. The Hall–Kier alpha value is -1.37. The lowest BCUT2D eigenvalue weighted by molar-refractivity contribution is 0.0126. The third-order valence-electron chi connectivity index (χ3n) is 2.58. The van der Waals surface area contributed by atoms with Gasteiger partial charge >= 0.3 is 0 Å². The molecule has 0 atom stereocenters. The van der Waals surface area contributed by atoms with E-state index in [9.17, 15) is 4.79 Å². The Labute approximate surface area is 110 Å². The molecule has 2 rings (SSSR count). The van der Waals surface area contributed by atoms with Crippen LogP contribution in [0.5, 0.6) is 0 Å². The molecule has 0 spiro atoms. The molecule has 2 N–H and O–H groups in total. The minimum atomic E-state index is -0.197. The SMILES string of the molecule is CNc1cc(C(=O)NN2CCOCC2)cc(Cl)n1. The highest BCUT2D eigenvalue weighted by molar-refractivity contribution is 6.29. The molecule has 1 saturated heterocycles. The van der Waals surface area contributed by atoms with Gasteiger partial charge in [-0.2, -0.15) is 0 Å². The van der Waals surface area contributed by atoms with Crippen LogP contribution in [0.15, 0.2) is 12.1 Å². The number of halogens is 1. The number of pyridine rings is 1. The van der Waals surface area contributed by atoms with Crippen molar-refractivity contribution in [3.05, 3.63) is 22.8 Å². The Morgan fingerprint density at radius 2 is 2.17 bits per heavy atom. The first-order valence-corrected chi connectivity index (χ1v) is 6.06. The summed E-state index contributed by atoms with van der Waals surface area (Å²) in [5.74, 6) is 0.368. The van der Waals surface area contributed by atoms with Crippen LogP contribution in [0.4, 0.5) is 5.82 Å². The van der Waals surface area contributed by atoms with Gasteiger partial charge in [-0.15, -0.1) is 0 Å². The van der Waals surface area contributed by atoms with Crippen LogP contribution < -0.4 is 10.7 Å². The molecular weight excluding hydrogens is 256 g/mol.